The normalized spacial score (nSPS) is 12.9. The highest BCUT2D eigenvalue weighted by atomic mass is 127. The van der Waals surface area contributed by atoms with Gasteiger partial charge in [0.1, 0.15) is 9.84 Å². The molecule has 2 aromatic rings. The molecule has 0 saturated carbocycles. The van der Waals surface area contributed by atoms with E-state index in [9.17, 15) is 8.42 Å². The van der Waals surface area contributed by atoms with Crippen molar-refractivity contribution in [1.29, 1.82) is 0 Å². The average molecular weight is 505 g/mol. The Morgan fingerprint density at radius 2 is 2.00 bits per heavy atom. The van der Waals surface area contributed by atoms with Gasteiger partial charge in [0, 0.05) is 38.3 Å². The van der Waals surface area contributed by atoms with E-state index in [1.165, 1.54) is 11.8 Å². The molecular weight excluding hydrogens is 477 g/mol. The zero-order valence-electron chi connectivity index (χ0n) is 15.9. The van der Waals surface area contributed by atoms with Crippen LogP contribution in [0.3, 0.4) is 0 Å². The molecule has 7 nitrogen and oxygen atoms in total. The maximum absolute atomic E-state index is 11.2. The van der Waals surface area contributed by atoms with Gasteiger partial charge in [0.15, 0.2) is 5.96 Å². The average Bonchev–Trinajstić information content (AvgIpc) is 3.13. The summed E-state index contributed by atoms with van der Waals surface area (Å²) in [4.78, 5) is 4.18. The Kier molecular flexibility index (Phi) is 9.78. The maximum Gasteiger partial charge on any atom is 0.191 e. The SMILES string of the molecule is CN=C(NCCc1ccc(-n2cccn2)cc1)NC(C)CCS(C)(=O)=O.I. The number of nitrogens with one attached hydrogen (secondary N) is 2. The molecule has 150 valence electrons. The summed E-state index contributed by atoms with van der Waals surface area (Å²) >= 11 is 0. The highest BCUT2D eigenvalue weighted by Gasteiger charge is 2.09. The van der Waals surface area contributed by atoms with E-state index in [2.05, 4.69) is 32.9 Å². The number of hydrogen-bond donors (Lipinski definition) is 2. The van der Waals surface area contributed by atoms with Crippen molar-refractivity contribution in [3.05, 3.63) is 48.3 Å². The highest BCUT2D eigenvalue weighted by Crippen LogP contribution is 2.08. The predicted molar refractivity (Wildman–Crippen MR) is 121 cm³/mol. The van der Waals surface area contributed by atoms with Gasteiger partial charge in [0.05, 0.1) is 11.4 Å². The Labute approximate surface area is 178 Å². The van der Waals surface area contributed by atoms with Crippen LogP contribution < -0.4 is 10.6 Å². The molecule has 0 bridgehead atoms. The summed E-state index contributed by atoms with van der Waals surface area (Å²) in [5, 5.41) is 10.7. The Balaban J connectivity index is 0.00000364. The Morgan fingerprint density at radius 1 is 1.30 bits per heavy atom. The van der Waals surface area contributed by atoms with Gasteiger partial charge < -0.3 is 10.6 Å². The molecule has 0 radical (unpaired) electrons. The molecular formula is C18H28IN5O2S. The standard InChI is InChI=1S/C18H27N5O2S.HI/c1-15(10-14-26(3,24)25)22-18(19-2)20-12-9-16-5-7-17(8-6-16)23-13-4-11-21-23;/h4-8,11,13,15H,9-10,12,14H2,1-3H3,(H2,19,20,22);1H. The van der Waals surface area contributed by atoms with Crippen molar-refractivity contribution in [2.75, 3.05) is 25.6 Å². The molecule has 0 spiro atoms. The number of benzene rings is 1. The molecule has 1 heterocycles. The summed E-state index contributed by atoms with van der Waals surface area (Å²) in [6.07, 6.45) is 6.33. The van der Waals surface area contributed by atoms with Crippen LogP contribution in [0.1, 0.15) is 18.9 Å². The third-order valence-corrected chi connectivity index (χ3v) is 4.92. The lowest BCUT2D eigenvalue weighted by Crippen LogP contribution is -2.43. The van der Waals surface area contributed by atoms with Gasteiger partial charge in [-0.15, -0.1) is 24.0 Å². The van der Waals surface area contributed by atoms with Gasteiger partial charge in [0.2, 0.25) is 0 Å². The Bertz CT molecular complexity index is 805. The van der Waals surface area contributed by atoms with Gasteiger partial charge in [0.25, 0.3) is 0 Å². The van der Waals surface area contributed by atoms with Crippen LogP contribution in [0.5, 0.6) is 0 Å². The van der Waals surface area contributed by atoms with Crippen molar-refractivity contribution < 1.29 is 8.42 Å². The quantitative estimate of drug-likeness (QED) is 0.326. The summed E-state index contributed by atoms with van der Waals surface area (Å²) in [5.74, 6) is 0.847. The van der Waals surface area contributed by atoms with Crippen molar-refractivity contribution >= 4 is 39.8 Å². The van der Waals surface area contributed by atoms with Crippen LogP contribution in [0.4, 0.5) is 0 Å². The molecule has 0 aliphatic rings. The zero-order chi connectivity index (χ0) is 19.0. The first kappa shape index (κ1) is 23.4. The minimum absolute atomic E-state index is 0. The monoisotopic (exact) mass is 505 g/mol. The lowest BCUT2D eigenvalue weighted by molar-refractivity contribution is 0.581. The number of halogens is 1. The second-order valence-corrected chi connectivity index (χ2v) is 8.59. The predicted octanol–water partition coefficient (Wildman–Crippen LogP) is 2.02. The maximum atomic E-state index is 11.2. The molecule has 2 N–H and O–H groups in total. The van der Waals surface area contributed by atoms with E-state index in [0.717, 1.165) is 18.7 Å². The van der Waals surface area contributed by atoms with Crippen LogP contribution in [0.2, 0.25) is 0 Å². The molecule has 9 heteroatoms. The first-order chi connectivity index (χ1) is 12.4. The first-order valence-corrected chi connectivity index (χ1v) is 10.7. The second-order valence-electron chi connectivity index (χ2n) is 6.33. The lowest BCUT2D eigenvalue weighted by atomic mass is 10.1. The molecule has 1 aromatic carbocycles. The number of nitrogens with zero attached hydrogens (tertiary/aromatic N) is 3. The van der Waals surface area contributed by atoms with Gasteiger partial charge >= 0.3 is 0 Å². The molecule has 2 rings (SSSR count). The van der Waals surface area contributed by atoms with E-state index in [-0.39, 0.29) is 35.8 Å². The molecule has 0 fully saturated rings. The summed E-state index contributed by atoms with van der Waals surface area (Å²) in [7, 11) is -1.24. The number of aliphatic imine (C=N–C) groups is 1. The van der Waals surface area contributed by atoms with Crippen LogP contribution in [0, 0.1) is 0 Å². The fourth-order valence-electron chi connectivity index (χ4n) is 2.45. The van der Waals surface area contributed by atoms with Gasteiger partial charge in [-0.25, -0.2) is 13.1 Å². The van der Waals surface area contributed by atoms with E-state index in [1.807, 2.05) is 36.0 Å². The van der Waals surface area contributed by atoms with Crippen LogP contribution in [0.15, 0.2) is 47.7 Å². The van der Waals surface area contributed by atoms with Crippen molar-refractivity contribution in [2.24, 2.45) is 4.99 Å². The van der Waals surface area contributed by atoms with E-state index < -0.39 is 9.84 Å². The van der Waals surface area contributed by atoms with Crippen molar-refractivity contribution in [3.63, 3.8) is 0 Å². The fourth-order valence-corrected chi connectivity index (χ4v) is 3.23. The van der Waals surface area contributed by atoms with E-state index in [0.29, 0.717) is 12.4 Å². The van der Waals surface area contributed by atoms with Gasteiger partial charge in [-0.1, -0.05) is 12.1 Å². The Hall–Kier alpha value is -1.62. The van der Waals surface area contributed by atoms with Crippen molar-refractivity contribution in [3.8, 4) is 5.69 Å². The smallest absolute Gasteiger partial charge is 0.191 e. The summed E-state index contributed by atoms with van der Waals surface area (Å²) in [6.45, 7) is 2.69. The van der Waals surface area contributed by atoms with Crippen molar-refractivity contribution in [2.45, 2.75) is 25.8 Å². The number of rotatable bonds is 8. The second kappa shape index (κ2) is 11.3. The third kappa shape index (κ3) is 8.74. The van der Waals surface area contributed by atoms with Crippen LogP contribution in [-0.4, -0.2) is 55.8 Å². The van der Waals surface area contributed by atoms with Crippen molar-refractivity contribution in [1.82, 2.24) is 20.4 Å². The molecule has 0 aliphatic heterocycles. The molecule has 0 aliphatic carbocycles. The van der Waals surface area contributed by atoms with Gasteiger partial charge in [-0.3, -0.25) is 4.99 Å². The van der Waals surface area contributed by atoms with E-state index in [1.54, 1.807) is 13.2 Å². The molecule has 0 saturated heterocycles. The number of hydrogen-bond acceptors (Lipinski definition) is 4. The van der Waals surface area contributed by atoms with Gasteiger partial charge in [-0.2, -0.15) is 5.10 Å². The van der Waals surface area contributed by atoms with Crippen LogP contribution >= 0.6 is 24.0 Å². The minimum Gasteiger partial charge on any atom is -0.356 e. The summed E-state index contributed by atoms with van der Waals surface area (Å²) in [6, 6.07) is 10.2. The molecule has 1 atom stereocenters. The lowest BCUT2D eigenvalue weighted by Gasteiger charge is -2.17. The number of aromatic nitrogens is 2. The summed E-state index contributed by atoms with van der Waals surface area (Å²) in [5.41, 5.74) is 2.25. The molecule has 1 unspecified atom stereocenters. The third-order valence-electron chi connectivity index (χ3n) is 3.94. The van der Waals surface area contributed by atoms with Crippen LogP contribution in [-0.2, 0) is 16.3 Å². The number of guanidine groups is 1. The minimum atomic E-state index is -2.94. The van der Waals surface area contributed by atoms with E-state index >= 15 is 0 Å². The Morgan fingerprint density at radius 3 is 2.56 bits per heavy atom. The largest absolute Gasteiger partial charge is 0.356 e. The topological polar surface area (TPSA) is 88.4 Å². The van der Waals surface area contributed by atoms with Gasteiger partial charge in [-0.05, 0) is 43.5 Å². The molecule has 0 amide bonds. The first-order valence-electron chi connectivity index (χ1n) is 8.61. The van der Waals surface area contributed by atoms with E-state index in [4.69, 9.17) is 0 Å². The number of sulfone groups is 1. The fraction of sp³-hybridized carbons (Fsp3) is 0.444. The van der Waals surface area contributed by atoms with Crippen LogP contribution in [0.25, 0.3) is 5.69 Å². The highest BCUT2D eigenvalue weighted by molar-refractivity contribution is 14.0. The molecule has 1 aromatic heterocycles. The summed E-state index contributed by atoms with van der Waals surface area (Å²) < 4.78 is 24.3. The molecule has 27 heavy (non-hydrogen) atoms. The zero-order valence-corrected chi connectivity index (χ0v) is 19.1.